The van der Waals surface area contributed by atoms with E-state index in [0.29, 0.717) is 10.6 Å². The standard InChI is InChI=1S/C15H14ClFN2/c16-10-5-6-14-12(9-10)15(19-8-7-18-14)11-3-1-2-4-13(11)17/h1-6,9,15,18-19H,7-8H2. The highest BCUT2D eigenvalue weighted by molar-refractivity contribution is 6.30. The normalized spacial score (nSPS) is 18.3. The van der Waals surface area contributed by atoms with Gasteiger partial charge >= 0.3 is 0 Å². The Morgan fingerprint density at radius 3 is 2.74 bits per heavy atom. The summed E-state index contributed by atoms with van der Waals surface area (Å²) in [7, 11) is 0. The van der Waals surface area contributed by atoms with E-state index in [2.05, 4.69) is 10.6 Å². The van der Waals surface area contributed by atoms with Crippen molar-refractivity contribution in [3.63, 3.8) is 0 Å². The Bertz CT molecular complexity index is 600. The van der Waals surface area contributed by atoms with Gasteiger partial charge in [-0.2, -0.15) is 0 Å². The molecule has 1 heterocycles. The molecular formula is C15H14ClFN2. The largest absolute Gasteiger partial charge is 0.383 e. The molecule has 3 rings (SSSR count). The summed E-state index contributed by atoms with van der Waals surface area (Å²) in [6.45, 7) is 1.57. The topological polar surface area (TPSA) is 24.1 Å². The van der Waals surface area contributed by atoms with Gasteiger partial charge in [-0.05, 0) is 29.8 Å². The van der Waals surface area contributed by atoms with Gasteiger partial charge in [-0.15, -0.1) is 0 Å². The molecule has 2 aromatic rings. The highest BCUT2D eigenvalue weighted by atomic mass is 35.5. The lowest BCUT2D eigenvalue weighted by atomic mass is 9.97. The van der Waals surface area contributed by atoms with Crippen LogP contribution in [-0.2, 0) is 0 Å². The van der Waals surface area contributed by atoms with Crippen molar-refractivity contribution in [2.45, 2.75) is 6.04 Å². The maximum absolute atomic E-state index is 14.0. The van der Waals surface area contributed by atoms with Crippen LogP contribution in [0.5, 0.6) is 0 Å². The molecule has 2 N–H and O–H groups in total. The van der Waals surface area contributed by atoms with Crippen LogP contribution in [0.3, 0.4) is 0 Å². The van der Waals surface area contributed by atoms with Gasteiger partial charge in [0.25, 0.3) is 0 Å². The van der Waals surface area contributed by atoms with Crippen LogP contribution in [0.25, 0.3) is 0 Å². The zero-order valence-electron chi connectivity index (χ0n) is 10.3. The quantitative estimate of drug-likeness (QED) is 0.832. The van der Waals surface area contributed by atoms with Crippen molar-refractivity contribution in [2.24, 2.45) is 0 Å². The lowest BCUT2D eigenvalue weighted by Crippen LogP contribution is -2.24. The highest BCUT2D eigenvalue weighted by Crippen LogP contribution is 2.33. The molecular weight excluding hydrogens is 263 g/mol. The second-order valence-corrected chi connectivity index (χ2v) is 5.00. The summed E-state index contributed by atoms with van der Waals surface area (Å²) >= 11 is 6.07. The Morgan fingerprint density at radius 2 is 1.89 bits per heavy atom. The van der Waals surface area contributed by atoms with Crippen molar-refractivity contribution in [3.05, 3.63) is 64.4 Å². The Labute approximate surface area is 116 Å². The van der Waals surface area contributed by atoms with Crippen LogP contribution in [0.1, 0.15) is 17.2 Å². The molecule has 1 atom stereocenters. The van der Waals surface area contributed by atoms with Gasteiger partial charge in [-0.25, -0.2) is 4.39 Å². The summed E-state index contributed by atoms with van der Waals surface area (Å²) in [4.78, 5) is 0. The SMILES string of the molecule is Fc1ccccc1C1NCCNc2ccc(Cl)cc21. The van der Waals surface area contributed by atoms with Gasteiger partial charge < -0.3 is 10.6 Å². The molecule has 2 nitrogen and oxygen atoms in total. The second kappa shape index (κ2) is 5.19. The number of anilines is 1. The molecule has 1 aliphatic rings. The van der Waals surface area contributed by atoms with Gasteiger partial charge in [0, 0.05) is 29.4 Å². The van der Waals surface area contributed by atoms with Crippen LogP contribution in [0.2, 0.25) is 5.02 Å². The maximum atomic E-state index is 14.0. The third-order valence-corrected chi connectivity index (χ3v) is 3.56. The fraction of sp³-hybridized carbons (Fsp3) is 0.200. The van der Waals surface area contributed by atoms with Crippen molar-refractivity contribution < 1.29 is 4.39 Å². The Morgan fingerprint density at radius 1 is 1.05 bits per heavy atom. The average Bonchev–Trinajstić information content (AvgIpc) is 2.61. The highest BCUT2D eigenvalue weighted by Gasteiger charge is 2.22. The molecule has 98 valence electrons. The van der Waals surface area contributed by atoms with Gasteiger partial charge in [-0.3, -0.25) is 0 Å². The van der Waals surface area contributed by atoms with E-state index < -0.39 is 0 Å². The van der Waals surface area contributed by atoms with E-state index in [-0.39, 0.29) is 11.9 Å². The molecule has 0 saturated carbocycles. The molecule has 0 bridgehead atoms. The van der Waals surface area contributed by atoms with E-state index in [1.165, 1.54) is 6.07 Å². The molecule has 0 aromatic heterocycles. The lowest BCUT2D eigenvalue weighted by Gasteiger charge is -2.19. The molecule has 0 aliphatic carbocycles. The molecule has 1 unspecified atom stereocenters. The van der Waals surface area contributed by atoms with Crippen molar-refractivity contribution in [2.75, 3.05) is 18.4 Å². The molecule has 2 aromatic carbocycles. The summed E-state index contributed by atoms with van der Waals surface area (Å²) in [5.41, 5.74) is 2.63. The first-order valence-electron chi connectivity index (χ1n) is 6.27. The van der Waals surface area contributed by atoms with Crippen LogP contribution in [0, 0.1) is 5.82 Å². The fourth-order valence-electron chi connectivity index (χ4n) is 2.44. The van der Waals surface area contributed by atoms with E-state index >= 15 is 0 Å². The van der Waals surface area contributed by atoms with Gasteiger partial charge in [0.15, 0.2) is 0 Å². The van der Waals surface area contributed by atoms with Crippen molar-refractivity contribution >= 4 is 17.3 Å². The molecule has 0 radical (unpaired) electrons. The van der Waals surface area contributed by atoms with Gasteiger partial charge in [0.2, 0.25) is 0 Å². The van der Waals surface area contributed by atoms with Gasteiger partial charge in [-0.1, -0.05) is 29.8 Å². The van der Waals surface area contributed by atoms with Gasteiger partial charge in [0.1, 0.15) is 5.82 Å². The van der Waals surface area contributed by atoms with Crippen LogP contribution in [-0.4, -0.2) is 13.1 Å². The number of hydrogen-bond donors (Lipinski definition) is 2. The predicted octanol–water partition coefficient (Wildman–Crippen LogP) is 3.58. The molecule has 0 spiro atoms. The fourth-order valence-corrected chi connectivity index (χ4v) is 2.62. The monoisotopic (exact) mass is 276 g/mol. The minimum Gasteiger partial charge on any atom is -0.383 e. The maximum Gasteiger partial charge on any atom is 0.128 e. The first kappa shape index (κ1) is 12.5. The molecule has 1 aliphatic heterocycles. The van der Waals surface area contributed by atoms with E-state index in [1.54, 1.807) is 6.07 Å². The van der Waals surface area contributed by atoms with E-state index in [9.17, 15) is 4.39 Å². The van der Waals surface area contributed by atoms with Crippen molar-refractivity contribution in [1.29, 1.82) is 0 Å². The summed E-state index contributed by atoms with van der Waals surface area (Å²) in [5, 5.41) is 7.35. The third-order valence-electron chi connectivity index (χ3n) is 3.33. The number of benzene rings is 2. The Balaban J connectivity index is 2.12. The first-order valence-corrected chi connectivity index (χ1v) is 6.64. The number of halogens is 2. The predicted molar refractivity (Wildman–Crippen MR) is 76.2 cm³/mol. The zero-order chi connectivity index (χ0) is 13.2. The van der Waals surface area contributed by atoms with Crippen LogP contribution >= 0.6 is 11.6 Å². The Kier molecular flexibility index (Phi) is 3.40. The molecule has 0 saturated heterocycles. The van der Waals surface area contributed by atoms with Crippen LogP contribution in [0.15, 0.2) is 42.5 Å². The molecule has 0 amide bonds. The zero-order valence-corrected chi connectivity index (χ0v) is 11.0. The minimum atomic E-state index is -0.201. The third kappa shape index (κ3) is 2.44. The summed E-state index contributed by atoms with van der Waals surface area (Å²) < 4.78 is 14.0. The summed E-state index contributed by atoms with van der Waals surface area (Å²) in [6, 6.07) is 12.3. The van der Waals surface area contributed by atoms with E-state index in [1.807, 2.05) is 30.3 Å². The smallest absolute Gasteiger partial charge is 0.128 e. The van der Waals surface area contributed by atoms with Crippen molar-refractivity contribution in [3.8, 4) is 0 Å². The van der Waals surface area contributed by atoms with Crippen molar-refractivity contribution in [1.82, 2.24) is 5.32 Å². The Hall–Kier alpha value is -1.58. The second-order valence-electron chi connectivity index (χ2n) is 4.57. The number of fused-ring (bicyclic) bond motifs is 1. The minimum absolute atomic E-state index is 0.176. The molecule has 4 heteroatoms. The summed E-state index contributed by atoms with van der Waals surface area (Å²) in [5.74, 6) is -0.201. The molecule has 19 heavy (non-hydrogen) atoms. The lowest BCUT2D eigenvalue weighted by molar-refractivity contribution is 0.561. The molecule has 0 fully saturated rings. The van der Waals surface area contributed by atoms with Crippen LogP contribution < -0.4 is 10.6 Å². The van der Waals surface area contributed by atoms with E-state index in [4.69, 9.17) is 11.6 Å². The van der Waals surface area contributed by atoms with Gasteiger partial charge in [0.05, 0.1) is 6.04 Å². The van der Waals surface area contributed by atoms with Crippen LogP contribution in [0.4, 0.5) is 10.1 Å². The first-order chi connectivity index (χ1) is 9.25. The average molecular weight is 277 g/mol. The van der Waals surface area contributed by atoms with E-state index in [0.717, 1.165) is 24.3 Å². The summed E-state index contributed by atoms with van der Waals surface area (Å²) in [6.07, 6.45) is 0. The number of hydrogen-bond acceptors (Lipinski definition) is 2. The number of nitrogens with one attached hydrogen (secondary N) is 2. The number of rotatable bonds is 1.